The number of nitrogens with zero attached hydrogens (tertiary/aromatic N) is 2. The van der Waals surface area contributed by atoms with Crippen LogP contribution in [0.3, 0.4) is 0 Å². The Morgan fingerprint density at radius 2 is 1.66 bits per heavy atom. The number of carbonyl (C=O) groups is 1. The molecule has 0 unspecified atom stereocenters. The van der Waals surface area contributed by atoms with E-state index in [-0.39, 0.29) is 11.5 Å². The second kappa shape index (κ2) is 9.42. The van der Waals surface area contributed by atoms with E-state index in [1.807, 2.05) is 56.3 Å². The van der Waals surface area contributed by atoms with Crippen molar-refractivity contribution in [3.8, 4) is 5.69 Å². The highest BCUT2D eigenvalue weighted by atomic mass is 35.5. The van der Waals surface area contributed by atoms with Gasteiger partial charge in [0.2, 0.25) is 0 Å². The van der Waals surface area contributed by atoms with Gasteiger partial charge in [0.25, 0.3) is 11.5 Å². The number of halogens is 1. The largest absolute Gasteiger partial charge is 0.322 e. The predicted octanol–water partition coefficient (Wildman–Crippen LogP) is 5.91. The normalized spacial score (nSPS) is 10.7. The summed E-state index contributed by atoms with van der Waals surface area (Å²) in [5, 5.41) is 8.73. The Morgan fingerprint density at radius 3 is 2.38 bits per heavy atom. The number of anilines is 1. The van der Waals surface area contributed by atoms with Crippen molar-refractivity contribution in [1.82, 2.24) is 9.78 Å². The van der Waals surface area contributed by atoms with Crippen LogP contribution in [-0.4, -0.2) is 15.7 Å². The first-order valence-corrected chi connectivity index (χ1v) is 11.1. The van der Waals surface area contributed by atoms with Gasteiger partial charge in [-0.3, -0.25) is 9.59 Å². The van der Waals surface area contributed by atoms with Crippen LogP contribution in [0.25, 0.3) is 5.69 Å². The summed E-state index contributed by atoms with van der Waals surface area (Å²) in [7, 11) is 0. The zero-order valence-corrected chi connectivity index (χ0v) is 19.1. The molecular weight excluding hydrogens is 442 g/mol. The molecule has 4 rings (SSSR count). The standard InChI is InChI=1S/C25H20ClN3O2S/c1-16-3-4-17(2)22(15-16)27-25(31)18-5-9-20(10-6-18)29-24(30)14-13-23(28-29)32-21-11-7-19(26)8-12-21/h3-15H,1-2H3,(H,27,31). The minimum absolute atomic E-state index is 0.211. The third-order valence-corrected chi connectivity index (χ3v) is 6.01. The number of hydrogen-bond donors (Lipinski definition) is 1. The molecule has 0 radical (unpaired) electrons. The average Bonchev–Trinajstić information content (AvgIpc) is 2.79. The van der Waals surface area contributed by atoms with Crippen LogP contribution < -0.4 is 10.9 Å². The maximum atomic E-state index is 12.7. The molecule has 0 aliphatic rings. The Hall–Kier alpha value is -3.35. The van der Waals surface area contributed by atoms with Gasteiger partial charge in [-0.25, -0.2) is 0 Å². The zero-order chi connectivity index (χ0) is 22.7. The first kappa shape index (κ1) is 21.9. The molecule has 0 fully saturated rings. The lowest BCUT2D eigenvalue weighted by atomic mass is 10.1. The van der Waals surface area contributed by atoms with Gasteiger partial charge in [-0.1, -0.05) is 35.5 Å². The average molecular weight is 462 g/mol. The molecule has 0 atom stereocenters. The smallest absolute Gasteiger partial charge is 0.271 e. The van der Waals surface area contributed by atoms with Gasteiger partial charge >= 0.3 is 0 Å². The topological polar surface area (TPSA) is 64.0 Å². The molecule has 5 nitrogen and oxygen atoms in total. The number of nitrogens with one attached hydrogen (secondary N) is 1. The first-order valence-electron chi connectivity index (χ1n) is 9.92. The van der Waals surface area contributed by atoms with Crippen molar-refractivity contribution in [3.05, 3.63) is 111 Å². The Kier molecular flexibility index (Phi) is 6.44. The summed E-state index contributed by atoms with van der Waals surface area (Å²) >= 11 is 7.37. The summed E-state index contributed by atoms with van der Waals surface area (Å²) in [5.41, 5.74) is 3.67. The molecule has 0 spiro atoms. The molecule has 0 saturated carbocycles. The van der Waals surface area contributed by atoms with E-state index in [1.165, 1.54) is 22.5 Å². The summed E-state index contributed by atoms with van der Waals surface area (Å²) in [5.74, 6) is -0.211. The molecular formula is C25H20ClN3O2S. The predicted molar refractivity (Wildman–Crippen MR) is 129 cm³/mol. The first-order chi connectivity index (χ1) is 15.4. The fraction of sp³-hybridized carbons (Fsp3) is 0.0800. The monoisotopic (exact) mass is 461 g/mol. The van der Waals surface area contributed by atoms with E-state index in [1.54, 1.807) is 30.3 Å². The van der Waals surface area contributed by atoms with Crippen LogP contribution in [0.2, 0.25) is 5.02 Å². The number of rotatable bonds is 5. The number of aromatic nitrogens is 2. The van der Waals surface area contributed by atoms with E-state index in [0.29, 0.717) is 21.3 Å². The lowest BCUT2D eigenvalue weighted by molar-refractivity contribution is 0.102. The third kappa shape index (κ3) is 5.10. The van der Waals surface area contributed by atoms with Crippen molar-refractivity contribution in [2.24, 2.45) is 0 Å². The Bertz CT molecular complexity index is 1330. The number of carbonyl (C=O) groups excluding carboxylic acids is 1. The minimum atomic E-state index is -0.252. The molecule has 3 aromatic carbocycles. The molecule has 1 N–H and O–H groups in total. The van der Waals surface area contributed by atoms with Crippen LogP contribution in [0, 0.1) is 13.8 Å². The van der Waals surface area contributed by atoms with Gasteiger partial charge in [0.15, 0.2) is 0 Å². The lowest BCUT2D eigenvalue weighted by Crippen LogP contribution is -2.20. The third-order valence-electron chi connectivity index (χ3n) is 4.83. The Morgan fingerprint density at radius 1 is 0.938 bits per heavy atom. The van der Waals surface area contributed by atoms with Gasteiger partial charge < -0.3 is 5.32 Å². The van der Waals surface area contributed by atoms with E-state index in [0.717, 1.165) is 21.7 Å². The number of aryl methyl sites for hydroxylation is 2. The zero-order valence-electron chi connectivity index (χ0n) is 17.5. The summed E-state index contributed by atoms with van der Waals surface area (Å²) < 4.78 is 1.32. The second-order valence-electron chi connectivity index (χ2n) is 7.30. The van der Waals surface area contributed by atoms with Crippen LogP contribution in [0.5, 0.6) is 0 Å². The SMILES string of the molecule is Cc1ccc(C)c(NC(=O)c2ccc(-n3nc(Sc4ccc(Cl)cc4)ccc3=O)cc2)c1. The Balaban J connectivity index is 1.54. The van der Waals surface area contributed by atoms with E-state index in [2.05, 4.69) is 10.4 Å². The molecule has 7 heteroatoms. The molecule has 0 aliphatic carbocycles. The second-order valence-corrected chi connectivity index (χ2v) is 8.83. The molecule has 32 heavy (non-hydrogen) atoms. The fourth-order valence-electron chi connectivity index (χ4n) is 3.08. The van der Waals surface area contributed by atoms with Gasteiger partial charge in [-0.05, 0) is 85.6 Å². The number of benzene rings is 3. The highest BCUT2D eigenvalue weighted by Gasteiger charge is 2.10. The molecule has 4 aromatic rings. The van der Waals surface area contributed by atoms with Crippen molar-refractivity contribution < 1.29 is 4.79 Å². The van der Waals surface area contributed by atoms with E-state index in [4.69, 9.17) is 11.6 Å². The van der Waals surface area contributed by atoms with Crippen molar-refractivity contribution in [2.45, 2.75) is 23.8 Å². The quantitative estimate of drug-likeness (QED) is 0.401. The van der Waals surface area contributed by atoms with Gasteiger partial charge in [-0.15, -0.1) is 0 Å². The highest BCUT2D eigenvalue weighted by Crippen LogP contribution is 2.26. The minimum Gasteiger partial charge on any atom is -0.322 e. The molecule has 0 aliphatic heterocycles. The summed E-state index contributed by atoms with van der Waals surface area (Å²) in [6.07, 6.45) is 0. The van der Waals surface area contributed by atoms with Crippen molar-refractivity contribution in [2.75, 3.05) is 5.32 Å². The van der Waals surface area contributed by atoms with Crippen molar-refractivity contribution in [1.29, 1.82) is 0 Å². The van der Waals surface area contributed by atoms with Gasteiger partial charge in [0.1, 0.15) is 5.03 Å². The van der Waals surface area contributed by atoms with Crippen LogP contribution in [-0.2, 0) is 0 Å². The summed E-state index contributed by atoms with van der Waals surface area (Å²) in [4.78, 5) is 26.0. The molecule has 0 saturated heterocycles. The number of amides is 1. The van der Waals surface area contributed by atoms with E-state index in [9.17, 15) is 9.59 Å². The molecule has 1 amide bonds. The molecule has 1 aromatic heterocycles. The maximum absolute atomic E-state index is 12.7. The molecule has 1 heterocycles. The number of hydrogen-bond acceptors (Lipinski definition) is 4. The van der Waals surface area contributed by atoms with Crippen molar-refractivity contribution in [3.63, 3.8) is 0 Å². The van der Waals surface area contributed by atoms with Crippen LogP contribution >= 0.6 is 23.4 Å². The van der Waals surface area contributed by atoms with E-state index < -0.39 is 0 Å². The molecule has 160 valence electrons. The lowest BCUT2D eigenvalue weighted by Gasteiger charge is -2.10. The van der Waals surface area contributed by atoms with Gasteiger partial charge in [0, 0.05) is 27.2 Å². The van der Waals surface area contributed by atoms with Crippen LogP contribution in [0.1, 0.15) is 21.5 Å². The van der Waals surface area contributed by atoms with Crippen LogP contribution in [0.15, 0.2) is 93.6 Å². The maximum Gasteiger partial charge on any atom is 0.271 e. The van der Waals surface area contributed by atoms with Crippen LogP contribution in [0.4, 0.5) is 5.69 Å². The summed E-state index contributed by atoms with van der Waals surface area (Å²) in [6.45, 7) is 3.93. The van der Waals surface area contributed by atoms with Gasteiger partial charge in [-0.2, -0.15) is 9.78 Å². The van der Waals surface area contributed by atoms with E-state index >= 15 is 0 Å². The Labute approximate surface area is 195 Å². The molecule has 0 bridgehead atoms. The summed E-state index contributed by atoms with van der Waals surface area (Å²) in [6, 6.07) is 23.3. The fourth-order valence-corrected chi connectivity index (χ4v) is 3.97. The van der Waals surface area contributed by atoms with Gasteiger partial charge in [0.05, 0.1) is 5.69 Å². The highest BCUT2D eigenvalue weighted by molar-refractivity contribution is 7.99. The van der Waals surface area contributed by atoms with Crippen molar-refractivity contribution >= 4 is 35.0 Å².